The van der Waals surface area contributed by atoms with Gasteiger partial charge < -0.3 is 10.2 Å². The quantitative estimate of drug-likeness (QED) is 0.487. The maximum Gasteiger partial charge on any atom is 0.0433 e. The smallest absolute Gasteiger partial charge is 0.0433 e. The Morgan fingerprint density at radius 1 is 0.611 bits per heavy atom. The molecule has 0 saturated carbocycles. The zero-order valence-electron chi connectivity index (χ0n) is 12.5. The molecule has 0 aromatic carbocycles. The van der Waals surface area contributed by atoms with Crippen LogP contribution in [-0.2, 0) is 0 Å². The lowest BCUT2D eigenvalue weighted by Gasteiger charge is -2.26. The van der Waals surface area contributed by atoms with Gasteiger partial charge in [-0.3, -0.25) is 0 Å². The van der Waals surface area contributed by atoms with E-state index >= 15 is 0 Å². The molecule has 1 atom stereocenters. The number of unbranched alkanes of at least 4 members (excludes halogenated alkanes) is 4. The maximum atomic E-state index is 9.17. The molecule has 2 nitrogen and oxygen atoms in total. The third-order valence-corrected chi connectivity index (χ3v) is 4.02. The summed E-state index contributed by atoms with van der Waals surface area (Å²) in [7, 11) is 0. The Hall–Kier alpha value is -0.0800. The predicted octanol–water partition coefficient (Wildman–Crippen LogP) is 4.14. The summed E-state index contributed by atoms with van der Waals surface area (Å²) >= 11 is 0. The van der Waals surface area contributed by atoms with Crippen molar-refractivity contribution >= 4 is 0 Å². The van der Waals surface area contributed by atoms with Crippen molar-refractivity contribution in [2.24, 2.45) is 11.8 Å². The highest BCUT2D eigenvalue weighted by Crippen LogP contribution is 2.29. The van der Waals surface area contributed by atoms with E-state index in [0.717, 1.165) is 12.8 Å². The fourth-order valence-electron chi connectivity index (χ4n) is 2.86. The Balaban J connectivity index is 4.13. The van der Waals surface area contributed by atoms with Crippen LogP contribution in [0.15, 0.2) is 0 Å². The minimum Gasteiger partial charge on any atom is -0.396 e. The van der Waals surface area contributed by atoms with E-state index in [4.69, 9.17) is 10.2 Å². The van der Waals surface area contributed by atoms with Gasteiger partial charge in [-0.15, -0.1) is 0 Å². The average Bonchev–Trinajstić information content (AvgIpc) is 2.38. The highest BCUT2D eigenvalue weighted by atomic mass is 16.3. The van der Waals surface area contributed by atoms with Crippen molar-refractivity contribution in [2.45, 2.75) is 78.1 Å². The molecule has 0 saturated heterocycles. The largest absolute Gasteiger partial charge is 0.396 e. The molecule has 1 unspecified atom stereocenters. The highest BCUT2D eigenvalue weighted by Gasteiger charge is 2.19. The fourth-order valence-corrected chi connectivity index (χ4v) is 2.86. The number of rotatable bonds is 13. The van der Waals surface area contributed by atoms with Gasteiger partial charge >= 0.3 is 0 Å². The average molecular weight is 258 g/mol. The number of aliphatic hydroxyl groups excluding tert-OH is 2. The molecule has 18 heavy (non-hydrogen) atoms. The Kier molecular flexibility index (Phi) is 13.3. The lowest BCUT2D eigenvalue weighted by atomic mass is 9.80. The van der Waals surface area contributed by atoms with E-state index in [9.17, 15) is 0 Å². The SMILES string of the molecule is CCCCCCC(CCCC)C(CCO)CCO. The summed E-state index contributed by atoms with van der Waals surface area (Å²) in [4.78, 5) is 0. The second-order valence-electron chi connectivity index (χ2n) is 5.54. The van der Waals surface area contributed by atoms with Crippen molar-refractivity contribution in [3.8, 4) is 0 Å². The number of hydrogen-bond acceptors (Lipinski definition) is 2. The second kappa shape index (κ2) is 13.4. The summed E-state index contributed by atoms with van der Waals surface area (Å²) in [6.07, 6.45) is 12.1. The lowest BCUT2D eigenvalue weighted by Crippen LogP contribution is -2.18. The molecule has 0 heterocycles. The van der Waals surface area contributed by atoms with Crippen LogP contribution < -0.4 is 0 Å². The van der Waals surface area contributed by atoms with Crippen LogP contribution in [0.3, 0.4) is 0 Å². The van der Waals surface area contributed by atoms with Gasteiger partial charge in [-0.1, -0.05) is 65.2 Å². The summed E-state index contributed by atoms with van der Waals surface area (Å²) in [5.74, 6) is 1.23. The molecule has 0 bridgehead atoms. The monoisotopic (exact) mass is 258 g/mol. The van der Waals surface area contributed by atoms with Crippen molar-refractivity contribution in [2.75, 3.05) is 13.2 Å². The summed E-state index contributed by atoms with van der Waals surface area (Å²) in [6, 6.07) is 0. The van der Waals surface area contributed by atoms with E-state index in [-0.39, 0.29) is 13.2 Å². The molecule has 0 fully saturated rings. The van der Waals surface area contributed by atoms with Crippen LogP contribution in [0.2, 0.25) is 0 Å². The van der Waals surface area contributed by atoms with Gasteiger partial charge in [0.2, 0.25) is 0 Å². The van der Waals surface area contributed by atoms with E-state index in [1.54, 1.807) is 0 Å². The summed E-state index contributed by atoms with van der Waals surface area (Å²) in [5.41, 5.74) is 0. The lowest BCUT2D eigenvalue weighted by molar-refractivity contribution is 0.161. The van der Waals surface area contributed by atoms with Gasteiger partial charge in [-0.2, -0.15) is 0 Å². The second-order valence-corrected chi connectivity index (χ2v) is 5.54. The number of hydrogen-bond donors (Lipinski definition) is 2. The fraction of sp³-hybridized carbons (Fsp3) is 1.00. The standard InChI is InChI=1S/C16H34O2/c1-3-5-7-8-10-15(9-6-4-2)16(11-13-17)12-14-18/h15-18H,3-14H2,1-2H3. The summed E-state index contributed by atoms with van der Waals surface area (Å²) in [5, 5.41) is 18.3. The molecule has 0 aliphatic rings. The first-order valence-electron chi connectivity index (χ1n) is 8.01. The molecule has 0 radical (unpaired) electrons. The van der Waals surface area contributed by atoms with Gasteiger partial charge in [0.15, 0.2) is 0 Å². The van der Waals surface area contributed by atoms with Gasteiger partial charge in [0.05, 0.1) is 0 Å². The molecule has 2 heteroatoms. The molecular formula is C16H34O2. The minimum atomic E-state index is 0.266. The van der Waals surface area contributed by atoms with E-state index in [2.05, 4.69) is 13.8 Å². The van der Waals surface area contributed by atoms with E-state index in [1.807, 2.05) is 0 Å². The summed E-state index contributed by atoms with van der Waals surface area (Å²) in [6.45, 7) is 5.01. The number of aliphatic hydroxyl groups is 2. The Labute approximate surface area is 114 Å². The topological polar surface area (TPSA) is 40.5 Å². The van der Waals surface area contributed by atoms with Gasteiger partial charge in [-0.05, 0) is 24.7 Å². The molecule has 0 aromatic rings. The Morgan fingerprint density at radius 2 is 1.11 bits per heavy atom. The predicted molar refractivity (Wildman–Crippen MR) is 78.7 cm³/mol. The molecule has 0 rings (SSSR count). The minimum absolute atomic E-state index is 0.266. The molecule has 0 aliphatic heterocycles. The van der Waals surface area contributed by atoms with Crippen LogP contribution in [0.5, 0.6) is 0 Å². The first-order valence-corrected chi connectivity index (χ1v) is 8.01. The highest BCUT2D eigenvalue weighted by molar-refractivity contribution is 4.71. The van der Waals surface area contributed by atoms with Crippen molar-refractivity contribution in [1.29, 1.82) is 0 Å². The first kappa shape index (κ1) is 17.9. The van der Waals surface area contributed by atoms with Crippen molar-refractivity contribution in [3.05, 3.63) is 0 Å². The third kappa shape index (κ3) is 8.93. The summed E-state index contributed by atoms with van der Waals surface area (Å²) < 4.78 is 0. The van der Waals surface area contributed by atoms with Crippen LogP contribution in [0, 0.1) is 11.8 Å². The van der Waals surface area contributed by atoms with Gasteiger partial charge in [0.1, 0.15) is 0 Å². The van der Waals surface area contributed by atoms with Gasteiger partial charge in [-0.25, -0.2) is 0 Å². The van der Waals surface area contributed by atoms with Crippen LogP contribution in [0.4, 0.5) is 0 Å². The van der Waals surface area contributed by atoms with Gasteiger partial charge in [0, 0.05) is 13.2 Å². The van der Waals surface area contributed by atoms with E-state index in [0.29, 0.717) is 11.8 Å². The third-order valence-electron chi connectivity index (χ3n) is 4.02. The molecule has 0 aromatic heterocycles. The Morgan fingerprint density at radius 3 is 1.61 bits per heavy atom. The molecule has 0 spiro atoms. The van der Waals surface area contributed by atoms with Gasteiger partial charge in [0.25, 0.3) is 0 Å². The molecule has 2 N–H and O–H groups in total. The molecule has 110 valence electrons. The van der Waals surface area contributed by atoms with E-state index in [1.165, 1.54) is 51.4 Å². The maximum absolute atomic E-state index is 9.17. The van der Waals surface area contributed by atoms with Crippen LogP contribution in [-0.4, -0.2) is 23.4 Å². The normalized spacial score (nSPS) is 13.2. The van der Waals surface area contributed by atoms with Crippen molar-refractivity contribution in [1.82, 2.24) is 0 Å². The first-order chi connectivity index (χ1) is 8.79. The zero-order chi connectivity index (χ0) is 13.6. The van der Waals surface area contributed by atoms with Crippen LogP contribution >= 0.6 is 0 Å². The molecule has 0 amide bonds. The molecular weight excluding hydrogens is 224 g/mol. The van der Waals surface area contributed by atoms with Crippen molar-refractivity contribution < 1.29 is 10.2 Å². The zero-order valence-corrected chi connectivity index (χ0v) is 12.5. The Bertz CT molecular complexity index is 153. The molecule has 0 aliphatic carbocycles. The van der Waals surface area contributed by atoms with E-state index < -0.39 is 0 Å². The van der Waals surface area contributed by atoms with Crippen LogP contribution in [0.1, 0.15) is 78.1 Å². The van der Waals surface area contributed by atoms with Crippen LogP contribution in [0.25, 0.3) is 0 Å². The van der Waals surface area contributed by atoms with Crippen molar-refractivity contribution in [3.63, 3.8) is 0 Å².